The normalized spacial score (nSPS) is 15.2. The lowest BCUT2D eigenvalue weighted by Crippen LogP contribution is -2.42. The van der Waals surface area contributed by atoms with Crippen LogP contribution in [0.3, 0.4) is 0 Å². The lowest BCUT2D eigenvalue weighted by molar-refractivity contribution is -0.134. The van der Waals surface area contributed by atoms with Crippen LogP contribution in [-0.4, -0.2) is 43.6 Å². The third kappa shape index (κ3) is 6.49. The van der Waals surface area contributed by atoms with Crippen LogP contribution in [0.25, 0.3) is 0 Å². The summed E-state index contributed by atoms with van der Waals surface area (Å²) < 4.78 is 6.43. The van der Waals surface area contributed by atoms with Gasteiger partial charge in [0.05, 0.1) is 5.02 Å². The van der Waals surface area contributed by atoms with Crippen molar-refractivity contribution in [3.8, 4) is 5.75 Å². The number of amides is 1. The largest absolute Gasteiger partial charge is 0.482 e. The van der Waals surface area contributed by atoms with E-state index < -0.39 is 0 Å². The van der Waals surface area contributed by atoms with Gasteiger partial charge in [0.2, 0.25) is 0 Å². The maximum absolute atomic E-state index is 12.2. The van der Waals surface area contributed by atoms with E-state index in [0.717, 1.165) is 43.5 Å². The first-order valence-electron chi connectivity index (χ1n) is 7.66. The van der Waals surface area contributed by atoms with Gasteiger partial charge in [-0.15, -0.1) is 12.4 Å². The summed E-state index contributed by atoms with van der Waals surface area (Å²) in [5.74, 6) is 1.24. The number of nitrogens with zero attached hydrogens (tertiary/aromatic N) is 1. The molecule has 1 fully saturated rings. The predicted molar refractivity (Wildman–Crippen MR) is 99.7 cm³/mol. The highest BCUT2D eigenvalue weighted by Crippen LogP contribution is 2.27. The monoisotopic (exact) mass is 424 g/mol. The average Bonchev–Trinajstić information content (AvgIpc) is 2.52. The smallest absolute Gasteiger partial charge is 0.260 e. The van der Waals surface area contributed by atoms with E-state index in [4.69, 9.17) is 16.3 Å². The molecule has 1 aromatic rings. The van der Waals surface area contributed by atoms with Crippen molar-refractivity contribution >= 4 is 45.8 Å². The minimum absolute atomic E-state index is 0. The van der Waals surface area contributed by atoms with E-state index in [1.165, 1.54) is 0 Å². The van der Waals surface area contributed by atoms with Gasteiger partial charge in [-0.25, -0.2) is 0 Å². The second-order valence-corrected chi connectivity index (χ2v) is 6.82. The van der Waals surface area contributed by atoms with Crippen LogP contribution in [0.15, 0.2) is 22.7 Å². The molecule has 1 saturated heterocycles. The highest BCUT2D eigenvalue weighted by Gasteiger charge is 2.22. The lowest BCUT2D eigenvalue weighted by atomic mass is 9.97. The Labute approximate surface area is 157 Å². The molecule has 0 saturated carbocycles. The first-order chi connectivity index (χ1) is 10.6. The Morgan fingerprint density at radius 1 is 1.43 bits per heavy atom. The number of ether oxygens (including phenoxy) is 1. The van der Waals surface area contributed by atoms with Crippen LogP contribution < -0.4 is 10.1 Å². The Morgan fingerprint density at radius 3 is 2.74 bits per heavy atom. The Hall–Kier alpha value is -0.490. The van der Waals surface area contributed by atoms with Crippen LogP contribution >= 0.6 is 39.9 Å². The number of hydrogen-bond acceptors (Lipinski definition) is 3. The van der Waals surface area contributed by atoms with Crippen LogP contribution in [0.1, 0.15) is 19.8 Å². The van der Waals surface area contributed by atoms with E-state index >= 15 is 0 Å². The average molecular weight is 426 g/mol. The van der Waals surface area contributed by atoms with E-state index in [2.05, 4.69) is 28.2 Å². The second kappa shape index (κ2) is 10.4. The molecule has 2 rings (SSSR count). The van der Waals surface area contributed by atoms with E-state index in [-0.39, 0.29) is 24.9 Å². The fraction of sp³-hybridized carbons (Fsp3) is 0.562. The van der Waals surface area contributed by atoms with Crippen molar-refractivity contribution in [1.29, 1.82) is 0 Å². The summed E-state index contributed by atoms with van der Waals surface area (Å²) in [4.78, 5) is 14.1. The molecule has 1 N–H and O–H groups in total. The van der Waals surface area contributed by atoms with Crippen LogP contribution in [-0.2, 0) is 4.79 Å². The van der Waals surface area contributed by atoms with Crippen molar-refractivity contribution < 1.29 is 9.53 Å². The molecule has 1 aliphatic rings. The van der Waals surface area contributed by atoms with Crippen LogP contribution in [0.5, 0.6) is 5.75 Å². The molecule has 0 aromatic heterocycles. The SMILES string of the molecule is CCNCC1CCN(C(=O)COc2ccc(Br)cc2Cl)CC1.Cl. The van der Waals surface area contributed by atoms with Crippen molar-refractivity contribution in [3.05, 3.63) is 27.7 Å². The topological polar surface area (TPSA) is 41.6 Å². The van der Waals surface area contributed by atoms with Gasteiger partial charge in [0.25, 0.3) is 5.91 Å². The summed E-state index contributed by atoms with van der Waals surface area (Å²) in [6.45, 7) is 5.82. The summed E-state index contributed by atoms with van der Waals surface area (Å²) >= 11 is 9.42. The Bertz CT molecular complexity index is 509. The molecule has 130 valence electrons. The van der Waals surface area contributed by atoms with Crippen molar-refractivity contribution in [2.45, 2.75) is 19.8 Å². The van der Waals surface area contributed by atoms with Gasteiger partial charge in [-0.05, 0) is 50.0 Å². The highest BCUT2D eigenvalue weighted by molar-refractivity contribution is 9.10. The number of nitrogens with one attached hydrogen (secondary N) is 1. The summed E-state index contributed by atoms with van der Waals surface area (Å²) in [6, 6.07) is 5.37. The van der Waals surface area contributed by atoms with E-state index in [1.807, 2.05) is 11.0 Å². The quantitative estimate of drug-likeness (QED) is 0.754. The van der Waals surface area contributed by atoms with Crippen molar-refractivity contribution in [2.75, 3.05) is 32.8 Å². The number of rotatable bonds is 6. The minimum atomic E-state index is 0. The standard InChI is InChI=1S/C16H22BrClN2O2.ClH/c1-2-19-10-12-5-7-20(8-6-12)16(21)11-22-15-4-3-13(17)9-14(15)18;/h3-4,9,12,19H,2,5-8,10-11H2,1H3;1H. The number of piperidine rings is 1. The molecular weight excluding hydrogens is 403 g/mol. The molecule has 1 aliphatic heterocycles. The third-order valence-corrected chi connectivity index (χ3v) is 4.68. The van der Waals surface area contributed by atoms with Gasteiger partial charge in [-0.1, -0.05) is 34.5 Å². The van der Waals surface area contributed by atoms with Gasteiger partial charge in [0, 0.05) is 17.6 Å². The zero-order valence-electron chi connectivity index (χ0n) is 13.2. The maximum Gasteiger partial charge on any atom is 0.260 e. The number of likely N-dealkylation sites (tertiary alicyclic amines) is 1. The van der Waals surface area contributed by atoms with Gasteiger partial charge in [0.1, 0.15) is 5.75 Å². The molecule has 0 bridgehead atoms. The number of hydrogen-bond donors (Lipinski definition) is 1. The number of benzene rings is 1. The third-order valence-electron chi connectivity index (χ3n) is 3.90. The molecule has 0 radical (unpaired) electrons. The second-order valence-electron chi connectivity index (χ2n) is 5.50. The Balaban J connectivity index is 0.00000264. The minimum Gasteiger partial charge on any atom is -0.482 e. The lowest BCUT2D eigenvalue weighted by Gasteiger charge is -2.32. The number of carbonyl (C=O) groups excluding carboxylic acids is 1. The summed E-state index contributed by atoms with van der Waals surface area (Å²) in [5, 5.41) is 3.88. The first-order valence-corrected chi connectivity index (χ1v) is 8.83. The Morgan fingerprint density at radius 2 is 2.13 bits per heavy atom. The van der Waals surface area contributed by atoms with Gasteiger partial charge in [0.15, 0.2) is 6.61 Å². The Kier molecular flexibility index (Phi) is 9.29. The number of halogens is 3. The van der Waals surface area contributed by atoms with E-state index in [0.29, 0.717) is 16.7 Å². The van der Waals surface area contributed by atoms with Gasteiger partial charge in [-0.2, -0.15) is 0 Å². The summed E-state index contributed by atoms with van der Waals surface area (Å²) in [5.41, 5.74) is 0. The van der Waals surface area contributed by atoms with Crippen LogP contribution in [0, 0.1) is 5.92 Å². The van der Waals surface area contributed by atoms with Gasteiger partial charge in [-0.3, -0.25) is 4.79 Å². The van der Waals surface area contributed by atoms with Crippen LogP contribution in [0.4, 0.5) is 0 Å². The molecule has 7 heteroatoms. The van der Waals surface area contributed by atoms with Crippen molar-refractivity contribution in [2.24, 2.45) is 5.92 Å². The van der Waals surface area contributed by atoms with Gasteiger partial charge >= 0.3 is 0 Å². The fourth-order valence-corrected chi connectivity index (χ4v) is 3.29. The molecule has 23 heavy (non-hydrogen) atoms. The van der Waals surface area contributed by atoms with Crippen LogP contribution in [0.2, 0.25) is 5.02 Å². The predicted octanol–water partition coefficient (Wildman–Crippen LogP) is 3.75. The fourth-order valence-electron chi connectivity index (χ4n) is 2.56. The molecule has 1 heterocycles. The molecule has 1 aromatic carbocycles. The molecular formula is C16H23BrCl2N2O2. The molecule has 1 amide bonds. The zero-order valence-corrected chi connectivity index (χ0v) is 16.3. The summed E-state index contributed by atoms with van der Waals surface area (Å²) in [7, 11) is 0. The van der Waals surface area contributed by atoms with E-state index in [9.17, 15) is 4.79 Å². The van der Waals surface area contributed by atoms with Crippen molar-refractivity contribution in [1.82, 2.24) is 10.2 Å². The number of carbonyl (C=O) groups is 1. The molecule has 0 unspecified atom stereocenters. The molecule has 0 spiro atoms. The molecule has 0 aliphatic carbocycles. The highest BCUT2D eigenvalue weighted by atomic mass is 79.9. The summed E-state index contributed by atoms with van der Waals surface area (Å²) in [6.07, 6.45) is 2.11. The molecule has 0 atom stereocenters. The van der Waals surface area contributed by atoms with E-state index in [1.54, 1.807) is 12.1 Å². The van der Waals surface area contributed by atoms with Crippen molar-refractivity contribution in [3.63, 3.8) is 0 Å². The maximum atomic E-state index is 12.2. The first kappa shape index (κ1) is 20.6. The molecule has 4 nitrogen and oxygen atoms in total. The van der Waals surface area contributed by atoms with Gasteiger partial charge < -0.3 is 15.0 Å². The zero-order chi connectivity index (χ0) is 15.9.